The average Bonchev–Trinajstić information content (AvgIpc) is 3.31. The van der Waals surface area contributed by atoms with Crippen LogP contribution in [-0.2, 0) is 11.8 Å². The highest BCUT2D eigenvalue weighted by atomic mass is 32.1. The van der Waals surface area contributed by atoms with Crippen LogP contribution in [-0.4, -0.2) is 50.8 Å². The van der Waals surface area contributed by atoms with E-state index in [0.717, 1.165) is 45.8 Å². The molecule has 0 radical (unpaired) electrons. The van der Waals surface area contributed by atoms with Gasteiger partial charge in [0.2, 0.25) is 5.95 Å². The maximum Gasteiger partial charge on any atom is 0.206 e. The van der Waals surface area contributed by atoms with Gasteiger partial charge >= 0.3 is 0 Å². The van der Waals surface area contributed by atoms with Crippen molar-refractivity contribution < 1.29 is 4.74 Å². The summed E-state index contributed by atoms with van der Waals surface area (Å²) in [5, 5.41) is 0.829. The summed E-state index contributed by atoms with van der Waals surface area (Å²) in [7, 11) is 2.03. The molecule has 0 amide bonds. The number of anilines is 2. The second-order valence-corrected chi connectivity index (χ2v) is 7.54. The summed E-state index contributed by atoms with van der Waals surface area (Å²) in [6.45, 7) is 3.04. The van der Waals surface area contributed by atoms with E-state index in [4.69, 9.17) is 20.4 Å². The van der Waals surface area contributed by atoms with Gasteiger partial charge < -0.3 is 19.9 Å². The molecule has 4 aromatic rings. The van der Waals surface area contributed by atoms with Crippen molar-refractivity contribution >= 4 is 33.5 Å². The third-order valence-electron chi connectivity index (χ3n) is 4.84. The lowest BCUT2D eigenvalue weighted by Crippen LogP contribution is -2.37. The van der Waals surface area contributed by atoms with E-state index in [1.165, 1.54) is 17.7 Å². The lowest BCUT2D eigenvalue weighted by molar-refractivity contribution is 0.122. The highest BCUT2D eigenvalue weighted by molar-refractivity contribution is 7.21. The highest BCUT2D eigenvalue weighted by Gasteiger charge is 2.25. The van der Waals surface area contributed by atoms with Crippen molar-refractivity contribution in [1.29, 1.82) is 0 Å². The SMILES string of the molecule is Cn1c(N2CCOCC2)nc(-c2ccccc2)c1-c1nc2c(N)ncnc2s1. The first-order chi connectivity index (χ1) is 13.7. The van der Waals surface area contributed by atoms with Gasteiger partial charge in [-0.25, -0.2) is 19.9 Å². The van der Waals surface area contributed by atoms with Gasteiger partial charge in [-0.1, -0.05) is 41.7 Å². The first-order valence-corrected chi connectivity index (χ1v) is 9.86. The van der Waals surface area contributed by atoms with Crippen LogP contribution >= 0.6 is 11.3 Å². The minimum Gasteiger partial charge on any atom is -0.382 e. The molecule has 1 aliphatic heterocycles. The zero-order valence-corrected chi connectivity index (χ0v) is 16.2. The first kappa shape index (κ1) is 17.1. The number of imidazole rings is 1. The fourth-order valence-corrected chi connectivity index (χ4v) is 4.44. The van der Waals surface area contributed by atoms with Crippen molar-refractivity contribution in [3.8, 4) is 22.0 Å². The molecular weight excluding hydrogens is 374 g/mol. The molecular formula is C19H19N7OS. The number of aromatic nitrogens is 5. The van der Waals surface area contributed by atoms with E-state index < -0.39 is 0 Å². The van der Waals surface area contributed by atoms with E-state index in [9.17, 15) is 0 Å². The van der Waals surface area contributed by atoms with Crippen molar-refractivity contribution in [3.05, 3.63) is 36.7 Å². The number of thiazole rings is 1. The molecule has 8 nitrogen and oxygen atoms in total. The number of fused-ring (bicyclic) bond motifs is 1. The molecule has 3 aromatic heterocycles. The van der Waals surface area contributed by atoms with Gasteiger partial charge in [-0.05, 0) is 0 Å². The summed E-state index contributed by atoms with van der Waals surface area (Å²) in [5.41, 5.74) is 9.54. The minimum absolute atomic E-state index is 0.393. The molecule has 0 unspecified atom stereocenters. The maximum absolute atomic E-state index is 6.01. The van der Waals surface area contributed by atoms with Gasteiger partial charge in [0, 0.05) is 25.7 Å². The van der Waals surface area contributed by atoms with Crippen molar-refractivity contribution in [2.24, 2.45) is 7.05 Å². The van der Waals surface area contributed by atoms with Gasteiger partial charge in [-0.2, -0.15) is 0 Å². The van der Waals surface area contributed by atoms with Crippen LogP contribution in [0.1, 0.15) is 0 Å². The summed E-state index contributed by atoms with van der Waals surface area (Å²) in [6, 6.07) is 10.2. The maximum atomic E-state index is 6.01. The molecule has 142 valence electrons. The molecule has 28 heavy (non-hydrogen) atoms. The number of hydrogen-bond donors (Lipinski definition) is 1. The third kappa shape index (κ3) is 2.79. The fourth-order valence-electron chi connectivity index (χ4n) is 3.45. The lowest BCUT2D eigenvalue weighted by Gasteiger charge is -2.27. The molecule has 0 bridgehead atoms. The fraction of sp³-hybridized carbons (Fsp3) is 0.263. The Labute approximate surface area is 165 Å². The van der Waals surface area contributed by atoms with Crippen LogP contribution in [0.25, 0.3) is 32.3 Å². The molecule has 9 heteroatoms. The quantitative estimate of drug-likeness (QED) is 0.571. The van der Waals surface area contributed by atoms with Gasteiger partial charge in [0.05, 0.1) is 13.2 Å². The standard InChI is InChI=1S/C19H19N7OS/c1-25-15(18-23-14-16(20)21-11-22-17(14)28-18)13(12-5-3-2-4-6-12)24-19(25)26-7-9-27-10-8-26/h2-6,11H,7-10H2,1H3,(H2,20,21,22). The van der Waals surface area contributed by atoms with Crippen LogP contribution < -0.4 is 10.6 Å². The van der Waals surface area contributed by atoms with E-state index in [2.05, 4.69) is 31.6 Å². The molecule has 5 rings (SSSR count). The van der Waals surface area contributed by atoms with Crippen LogP contribution in [0.15, 0.2) is 36.7 Å². The van der Waals surface area contributed by atoms with Gasteiger partial charge in [0.25, 0.3) is 0 Å². The number of nitrogens with two attached hydrogens (primary N) is 1. The third-order valence-corrected chi connectivity index (χ3v) is 5.81. The van der Waals surface area contributed by atoms with Crippen molar-refractivity contribution in [1.82, 2.24) is 24.5 Å². The summed E-state index contributed by atoms with van der Waals surface area (Å²) >= 11 is 1.50. The van der Waals surface area contributed by atoms with E-state index in [1.807, 2.05) is 25.2 Å². The van der Waals surface area contributed by atoms with Crippen LogP contribution in [0.2, 0.25) is 0 Å². The Morgan fingerprint density at radius 3 is 2.61 bits per heavy atom. The Bertz CT molecular complexity index is 1130. The van der Waals surface area contributed by atoms with E-state index in [1.54, 1.807) is 0 Å². The number of ether oxygens (including phenoxy) is 1. The van der Waals surface area contributed by atoms with Crippen molar-refractivity contribution in [2.75, 3.05) is 36.9 Å². The molecule has 0 aliphatic carbocycles. The predicted octanol–water partition coefficient (Wildman–Crippen LogP) is 2.57. The van der Waals surface area contributed by atoms with Crippen LogP contribution in [0, 0.1) is 0 Å². The zero-order valence-electron chi connectivity index (χ0n) is 15.4. The largest absolute Gasteiger partial charge is 0.382 e. The Morgan fingerprint density at radius 2 is 1.86 bits per heavy atom. The number of hydrogen-bond acceptors (Lipinski definition) is 8. The van der Waals surface area contributed by atoms with Crippen molar-refractivity contribution in [2.45, 2.75) is 0 Å². The average molecular weight is 393 g/mol. The normalized spacial score (nSPS) is 14.7. The predicted molar refractivity (Wildman–Crippen MR) is 110 cm³/mol. The van der Waals surface area contributed by atoms with E-state index in [0.29, 0.717) is 24.5 Å². The summed E-state index contributed by atoms with van der Waals surface area (Å²) in [6.07, 6.45) is 1.47. The lowest BCUT2D eigenvalue weighted by atomic mass is 10.1. The molecule has 0 saturated carbocycles. The van der Waals surface area contributed by atoms with E-state index in [-0.39, 0.29) is 0 Å². The smallest absolute Gasteiger partial charge is 0.206 e. The van der Waals surface area contributed by atoms with Gasteiger partial charge in [-0.3, -0.25) is 0 Å². The van der Waals surface area contributed by atoms with Crippen LogP contribution in [0.3, 0.4) is 0 Å². The summed E-state index contributed by atoms with van der Waals surface area (Å²) < 4.78 is 7.61. The Balaban J connectivity index is 1.72. The molecule has 1 aliphatic rings. The molecule has 4 heterocycles. The highest BCUT2D eigenvalue weighted by Crippen LogP contribution is 2.38. The second kappa shape index (κ2) is 6.84. The Kier molecular flexibility index (Phi) is 4.18. The van der Waals surface area contributed by atoms with Gasteiger partial charge in [0.1, 0.15) is 33.1 Å². The number of nitrogens with zero attached hydrogens (tertiary/aromatic N) is 6. The first-order valence-electron chi connectivity index (χ1n) is 9.04. The number of rotatable bonds is 3. The molecule has 2 N–H and O–H groups in total. The minimum atomic E-state index is 0.393. The zero-order chi connectivity index (χ0) is 19.1. The Hall–Kier alpha value is -3.04. The van der Waals surface area contributed by atoms with Gasteiger partial charge in [-0.15, -0.1) is 0 Å². The van der Waals surface area contributed by atoms with E-state index >= 15 is 0 Å². The molecule has 1 aromatic carbocycles. The second-order valence-electron chi connectivity index (χ2n) is 6.57. The van der Waals surface area contributed by atoms with Crippen LogP contribution in [0.4, 0.5) is 11.8 Å². The molecule has 0 spiro atoms. The Morgan fingerprint density at radius 1 is 1.07 bits per heavy atom. The monoisotopic (exact) mass is 393 g/mol. The summed E-state index contributed by atoms with van der Waals surface area (Å²) in [4.78, 5) is 21.2. The van der Waals surface area contributed by atoms with Crippen LogP contribution in [0.5, 0.6) is 0 Å². The topological polar surface area (TPSA) is 95.0 Å². The summed E-state index contributed by atoms with van der Waals surface area (Å²) in [5.74, 6) is 1.31. The number of nitrogen functional groups attached to an aromatic ring is 1. The molecule has 0 atom stereocenters. The molecule has 1 fully saturated rings. The van der Waals surface area contributed by atoms with Gasteiger partial charge in [0.15, 0.2) is 5.82 Å². The van der Waals surface area contributed by atoms with Crippen molar-refractivity contribution in [3.63, 3.8) is 0 Å². The number of benzene rings is 1. The number of morpholine rings is 1. The molecule has 1 saturated heterocycles.